The van der Waals surface area contributed by atoms with Crippen LogP contribution < -0.4 is 21.7 Å². The molecule has 0 bridgehead atoms. The van der Waals surface area contributed by atoms with Gasteiger partial charge in [-0.3, -0.25) is 14.4 Å². The molecule has 6 atom stereocenters. The lowest BCUT2D eigenvalue weighted by molar-refractivity contribution is -0.142. The van der Waals surface area contributed by atoms with Gasteiger partial charge in [0.15, 0.2) is 0 Å². The number of nitrogens with one attached hydrogen (secondary N) is 4. The van der Waals surface area contributed by atoms with Gasteiger partial charge < -0.3 is 31.8 Å². The number of H-pyrrole nitrogens is 1. The Hall–Kier alpha value is -2.60. The second-order valence-electron chi connectivity index (χ2n) is 8.21. The molecule has 0 aliphatic rings. The number of carbonyl (C=O) groups is 4. The Labute approximate surface area is 199 Å². The van der Waals surface area contributed by atoms with Crippen LogP contribution in [0.4, 0.5) is 0 Å². The van der Waals surface area contributed by atoms with E-state index in [2.05, 4.69) is 38.5 Å². The normalized spacial score (nSPS) is 16.5. The van der Waals surface area contributed by atoms with Gasteiger partial charge in [0.2, 0.25) is 17.7 Å². The number of carboxylic acids is 1. The van der Waals surface area contributed by atoms with Gasteiger partial charge in [0.25, 0.3) is 0 Å². The summed E-state index contributed by atoms with van der Waals surface area (Å²) in [6.45, 7) is 7.45. The highest BCUT2D eigenvalue weighted by Crippen LogP contribution is 2.11. The SMILES string of the molecule is CCC(C)C(N)C(=O)NC(C(=O)NC(CS)C(=O)NC(Cc1cnc[nH]1)C(=O)O)C(C)CC. The van der Waals surface area contributed by atoms with Crippen molar-refractivity contribution < 1.29 is 24.3 Å². The predicted octanol–water partition coefficient (Wildman–Crippen LogP) is -0.159. The van der Waals surface area contributed by atoms with Gasteiger partial charge in [0.05, 0.1) is 12.4 Å². The molecule has 33 heavy (non-hydrogen) atoms. The van der Waals surface area contributed by atoms with E-state index in [-0.39, 0.29) is 24.0 Å². The van der Waals surface area contributed by atoms with Gasteiger partial charge in [-0.2, -0.15) is 12.6 Å². The maximum absolute atomic E-state index is 13.0. The third-order valence-corrected chi connectivity index (χ3v) is 6.13. The number of nitrogens with zero attached hydrogens (tertiary/aromatic N) is 1. The van der Waals surface area contributed by atoms with Gasteiger partial charge in [0.1, 0.15) is 18.1 Å². The summed E-state index contributed by atoms with van der Waals surface area (Å²) in [4.78, 5) is 56.4. The number of carboxylic acid groups (broad SMARTS) is 1. The van der Waals surface area contributed by atoms with Crippen LogP contribution in [0.3, 0.4) is 0 Å². The van der Waals surface area contributed by atoms with E-state index in [1.165, 1.54) is 12.5 Å². The molecule has 12 heteroatoms. The van der Waals surface area contributed by atoms with Crippen molar-refractivity contribution >= 4 is 36.3 Å². The second kappa shape index (κ2) is 13.8. The summed E-state index contributed by atoms with van der Waals surface area (Å²) in [7, 11) is 0. The topological polar surface area (TPSA) is 179 Å². The minimum absolute atomic E-state index is 0.00658. The number of nitrogens with two attached hydrogens (primary N) is 1. The van der Waals surface area contributed by atoms with Crippen molar-refractivity contribution in [2.24, 2.45) is 17.6 Å². The van der Waals surface area contributed by atoms with Crippen LogP contribution in [0.2, 0.25) is 0 Å². The number of amides is 3. The molecule has 0 fully saturated rings. The molecule has 1 heterocycles. The highest BCUT2D eigenvalue weighted by Gasteiger charge is 2.32. The zero-order valence-electron chi connectivity index (χ0n) is 19.5. The van der Waals surface area contributed by atoms with Crippen LogP contribution in [0.1, 0.15) is 46.2 Å². The van der Waals surface area contributed by atoms with Crippen LogP contribution in [0.25, 0.3) is 0 Å². The zero-order chi connectivity index (χ0) is 25.1. The molecule has 0 spiro atoms. The first kappa shape index (κ1) is 28.4. The van der Waals surface area contributed by atoms with E-state index in [1.807, 2.05) is 20.8 Å². The van der Waals surface area contributed by atoms with E-state index in [9.17, 15) is 24.3 Å². The number of hydrogen-bond acceptors (Lipinski definition) is 7. The first-order valence-electron chi connectivity index (χ1n) is 11.0. The van der Waals surface area contributed by atoms with Gasteiger partial charge in [-0.1, -0.05) is 40.5 Å². The quantitative estimate of drug-likeness (QED) is 0.179. The summed E-state index contributed by atoms with van der Waals surface area (Å²) in [5.41, 5.74) is 6.53. The van der Waals surface area contributed by atoms with Crippen LogP contribution in [0.5, 0.6) is 0 Å². The van der Waals surface area contributed by atoms with E-state index in [0.717, 1.165) is 0 Å². The van der Waals surface area contributed by atoms with Crippen LogP contribution in [-0.4, -0.2) is 68.7 Å². The number of carbonyl (C=O) groups excluding carboxylic acids is 3. The summed E-state index contributed by atoms with van der Waals surface area (Å²) < 4.78 is 0. The Morgan fingerprint density at radius 2 is 1.64 bits per heavy atom. The lowest BCUT2D eigenvalue weighted by Crippen LogP contribution is -2.59. The average Bonchev–Trinajstić information content (AvgIpc) is 3.31. The van der Waals surface area contributed by atoms with Gasteiger partial charge in [-0.05, 0) is 11.8 Å². The molecule has 0 saturated heterocycles. The third-order valence-electron chi connectivity index (χ3n) is 5.76. The first-order chi connectivity index (χ1) is 15.5. The molecule has 6 unspecified atom stereocenters. The number of aliphatic carboxylic acids is 1. The standard InChI is InChI=1S/C21H36N6O5S/c1-5-11(3)16(22)19(29)27-17(12(4)6-2)20(30)26-15(9-33)18(28)25-14(21(31)32)7-13-8-23-10-24-13/h8,10-12,14-17,33H,5-7,9,22H2,1-4H3,(H,23,24)(H,25,28)(H,26,30)(H,27,29)(H,31,32). The first-order valence-corrected chi connectivity index (χ1v) is 11.7. The summed E-state index contributed by atoms with van der Waals surface area (Å²) in [5.74, 6) is -3.30. The molecule has 0 aliphatic heterocycles. The molecule has 186 valence electrons. The predicted molar refractivity (Wildman–Crippen MR) is 126 cm³/mol. The third kappa shape index (κ3) is 8.69. The molecule has 1 aromatic rings. The number of aromatic nitrogens is 2. The molecule has 0 aliphatic carbocycles. The van der Waals surface area contributed by atoms with Crippen molar-refractivity contribution in [1.29, 1.82) is 0 Å². The van der Waals surface area contributed by atoms with Crippen molar-refractivity contribution in [3.63, 3.8) is 0 Å². The molecular formula is C21H36N6O5S. The monoisotopic (exact) mass is 484 g/mol. The van der Waals surface area contributed by atoms with E-state index in [0.29, 0.717) is 18.5 Å². The lowest BCUT2D eigenvalue weighted by Gasteiger charge is -2.28. The molecule has 1 rings (SSSR count). The number of hydrogen-bond donors (Lipinski definition) is 7. The summed E-state index contributed by atoms with van der Waals surface area (Å²) in [6.07, 6.45) is 4.17. The van der Waals surface area contributed by atoms with E-state index < -0.39 is 47.9 Å². The Bertz CT molecular complexity index is 790. The molecule has 7 N–H and O–H groups in total. The minimum atomic E-state index is -1.23. The Morgan fingerprint density at radius 3 is 2.12 bits per heavy atom. The maximum atomic E-state index is 13.0. The number of thiol groups is 1. The molecule has 3 amide bonds. The summed E-state index contributed by atoms with van der Waals surface area (Å²) in [6, 6.07) is -4.00. The van der Waals surface area contributed by atoms with Crippen LogP contribution in [-0.2, 0) is 25.6 Å². The van der Waals surface area contributed by atoms with Crippen molar-refractivity contribution in [1.82, 2.24) is 25.9 Å². The minimum Gasteiger partial charge on any atom is -0.480 e. The smallest absolute Gasteiger partial charge is 0.326 e. The zero-order valence-corrected chi connectivity index (χ0v) is 20.4. The van der Waals surface area contributed by atoms with Crippen LogP contribution in [0.15, 0.2) is 12.5 Å². The summed E-state index contributed by atoms with van der Waals surface area (Å²) >= 11 is 4.13. The van der Waals surface area contributed by atoms with Crippen molar-refractivity contribution in [2.75, 3.05) is 5.75 Å². The highest BCUT2D eigenvalue weighted by atomic mass is 32.1. The molecule has 11 nitrogen and oxygen atoms in total. The Morgan fingerprint density at radius 1 is 1.03 bits per heavy atom. The molecule has 0 aromatic carbocycles. The Kier molecular flexibility index (Phi) is 11.9. The van der Waals surface area contributed by atoms with Gasteiger partial charge in [0, 0.05) is 24.1 Å². The fourth-order valence-electron chi connectivity index (χ4n) is 3.01. The molecular weight excluding hydrogens is 448 g/mol. The molecule has 0 radical (unpaired) electrons. The van der Waals surface area contributed by atoms with Crippen molar-refractivity contribution in [3.8, 4) is 0 Å². The van der Waals surface area contributed by atoms with Crippen molar-refractivity contribution in [3.05, 3.63) is 18.2 Å². The average molecular weight is 485 g/mol. The van der Waals surface area contributed by atoms with Gasteiger partial charge in [-0.15, -0.1) is 0 Å². The largest absolute Gasteiger partial charge is 0.480 e. The fourth-order valence-corrected chi connectivity index (χ4v) is 3.27. The highest BCUT2D eigenvalue weighted by molar-refractivity contribution is 7.80. The molecule has 0 saturated carbocycles. The van der Waals surface area contributed by atoms with E-state index in [4.69, 9.17) is 5.73 Å². The number of rotatable bonds is 14. The maximum Gasteiger partial charge on any atom is 0.326 e. The van der Waals surface area contributed by atoms with Gasteiger partial charge >= 0.3 is 5.97 Å². The van der Waals surface area contributed by atoms with E-state index in [1.54, 1.807) is 6.92 Å². The van der Waals surface area contributed by atoms with Crippen molar-refractivity contribution in [2.45, 2.75) is 71.1 Å². The molecule has 1 aromatic heterocycles. The number of aromatic amines is 1. The fraction of sp³-hybridized carbons (Fsp3) is 0.667. The summed E-state index contributed by atoms with van der Waals surface area (Å²) in [5, 5.41) is 17.1. The number of imidazole rings is 1. The second-order valence-corrected chi connectivity index (χ2v) is 8.57. The van der Waals surface area contributed by atoms with Gasteiger partial charge in [-0.25, -0.2) is 9.78 Å². The van der Waals surface area contributed by atoms with E-state index >= 15 is 0 Å². The Balaban J connectivity index is 2.88. The lowest BCUT2D eigenvalue weighted by atomic mass is 9.95. The van der Waals surface area contributed by atoms with Crippen LogP contribution in [0, 0.1) is 11.8 Å². The van der Waals surface area contributed by atoms with Crippen LogP contribution >= 0.6 is 12.6 Å².